The standard InChI is InChI=1S/C14H27N3O/c1-10-8-16-7-5-6-11(16)9-17(10)13(18)12(15)14(2,3)4/h10-12H,5-9,15H2,1-4H3. The molecule has 2 aliphatic heterocycles. The number of hydrogen-bond acceptors (Lipinski definition) is 3. The summed E-state index contributed by atoms with van der Waals surface area (Å²) in [5, 5.41) is 0. The van der Waals surface area contributed by atoms with E-state index in [1.165, 1.54) is 19.4 Å². The van der Waals surface area contributed by atoms with Crippen LogP contribution in [-0.4, -0.2) is 53.5 Å². The largest absolute Gasteiger partial charge is 0.336 e. The Bertz CT molecular complexity index is 323. The molecule has 2 rings (SSSR count). The molecule has 2 saturated heterocycles. The SMILES string of the molecule is CC1CN2CCCC2CN1C(=O)C(N)C(C)(C)C. The minimum Gasteiger partial charge on any atom is -0.336 e. The molecule has 4 nitrogen and oxygen atoms in total. The number of carbonyl (C=O) groups is 1. The van der Waals surface area contributed by atoms with Crippen LogP contribution in [-0.2, 0) is 4.79 Å². The Morgan fingerprint density at radius 1 is 1.33 bits per heavy atom. The average Bonchev–Trinajstić information content (AvgIpc) is 2.71. The summed E-state index contributed by atoms with van der Waals surface area (Å²) in [7, 11) is 0. The van der Waals surface area contributed by atoms with Crippen LogP contribution in [0.3, 0.4) is 0 Å². The molecule has 0 radical (unpaired) electrons. The molecule has 0 aromatic carbocycles. The third-order valence-electron chi connectivity index (χ3n) is 4.42. The monoisotopic (exact) mass is 253 g/mol. The average molecular weight is 253 g/mol. The van der Waals surface area contributed by atoms with Crippen LogP contribution in [0.5, 0.6) is 0 Å². The van der Waals surface area contributed by atoms with Crippen molar-refractivity contribution in [1.82, 2.24) is 9.80 Å². The lowest BCUT2D eigenvalue weighted by Gasteiger charge is -2.44. The molecule has 3 unspecified atom stereocenters. The second kappa shape index (κ2) is 4.82. The van der Waals surface area contributed by atoms with E-state index in [0.29, 0.717) is 12.1 Å². The van der Waals surface area contributed by atoms with E-state index in [0.717, 1.165) is 13.1 Å². The van der Waals surface area contributed by atoms with Crippen molar-refractivity contribution >= 4 is 5.91 Å². The van der Waals surface area contributed by atoms with Crippen molar-refractivity contribution in [1.29, 1.82) is 0 Å². The Morgan fingerprint density at radius 2 is 2.00 bits per heavy atom. The number of hydrogen-bond donors (Lipinski definition) is 1. The van der Waals surface area contributed by atoms with Gasteiger partial charge in [-0.3, -0.25) is 9.69 Å². The molecule has 0 aromatic heterocycles. The maximum absolute atomic E-state index is 12.5. The summed E-state index contributed by atoms with van der Waals surface area (Å²) in [4.78, 5) is 17.1. The van der Waals surface area contributed by atoms with Crippen LogP contribution in [0.4, 0.5) is 0 Å². The van der Waals surface area contributed by atoms with Crippen molar-refractivity contribution < 1.29 is 4.79 Å². The Hall–Kier alpha value is -0.610. The van der Waals surface area contributed by atoms with Crippen LogP contribution >= 0.6 is 0 Å². The van der Waals surface area contributed by atoms with Crippen molar-refractivity contribution in [3.8, 4) is 0 Å². The molecule has 2 aliphatic rings. The fourth-order valence-electron chi connectivity index (χ4n) is 3.04. The van der Waals surface area contributed by atoms with Crippen molar-refractivity contribution in [2.45, 2.75) is 58.7 Å². The lowest BCUT2D eigenvalue weighted by atomic mass is 9.86. The summed E-state index contributed by atoms with van der Waals surface area (Å²) < 4.78 is 0. The van der Waals surface area contributed by atoms with Crippen LogP contribution in [0, 0.1) is 5.41 Å². The Labute approximate surface area is 110 Å². The van der Waals surface area contributed by atoms with E-state index in [-0.39, 0.29) is 11.3 Å². The van der Waals surface area contributed by atoms with Gasteiger partial charge < -0.3 is 10.6 Å². The van der Waals surface area contributed by atoms with Gasteiger partial charge in [0.05, 0.1) is 6.04 Å². The molecule has 1 amide bonds. The third kappa shape index (κ3) is 2.54. The molecule has 4 heteroatoms. The minimum atomic E-state index is -0.395. The maximum atomic E-state index is 12.5. The minimum absolute atomic E-state index is 0.126. The highest BCUT2D eigenvalue weighted by molar-refractivity contribution is 5.83. The Balaban J connectivity index is 2.06. The van der Waals surface area contributed by atoms with E-state index in [2.05, 4.69) is 11.8 Å². The van der Waals surface area contributed by atoms with Gasteiger partial charge in [-0.25, -0.2) is 0 Å². The zero-order chi connectivity index (χ0) is 13.5. The van der Waals surface area contributed by atoms with Crippen molar-refractivity contribution in [2.24, 2.45) is 11.1 Å². The second-order valence-corrected chi connectivity index (χ2v) is 6.97. The molecule has 2 N–H and O–H groups in total. The van der Waals surface area contributed by atoms with Crippen molar-refractivity contribution in [2.75, 3.05) is 19.6 Å². The highest BCUT2D eigenvalue weighted by Gasteiger charge is 2.40. The highest BCUT2D eigenvalue weighted by atomic mass is 16.2. The topological polar surface area (TPSA) is 49.6 Å². The molecule has 2 heterocycles. The fourth-order valence-corrected chi connectivity index (χ4v) is 3.04. The zero-order valence-electron chi connectivity index (χ0n) is 12.1. The van der Waals surface area contributed by atoms with Gasteiger partial charge in [0, 0.05) is 25.2 Å². The molecule has 0 aromatic rings. The van der Waals surface area contributed by atoms with Gasteiger partial charge in [-0.2, -0.15) is 0 Å². The maximum Gasteiger partial charge on any atom is 0.240 e. The summed E-state index contributed by atoms with van der Waals surface area (Å²) in [6.45, 7) is 11.3. The van der Waals surface area contributed by atoms with E-state index in [9.17, 15) is 4.79 Å². The van der Waals surface area contributed by atoms with Gasteiger partial charge in [-0.15, -0.1) is 0 Å². The van der Waals surface area contributed by atoms with Crippen molar-refractivity contribution in [3.63, 3.8) is 0 Å². The lowest BCUT2D eigenvalue weighted by molar-refractivity contribution is -0.140. The number of piperazine rings is 1. The van der Waals surface area contributed by atoms with Crippen LogP contribution in [0.25, 0.3) is 0 Å². The fraction of sp³-hybridized carbons (Fsp3) is 0.929. The first-order valence-electron chi connectivity index (χ1n) is 7.11. The smallest absolute Gasteiger partial charge is 0.240 e. The second-order valence-electron chi connectivity index (χ2n) is 6.97. The number of nitrogens with zero attached hydrogens (tertiary/aromatic N) is 2. The number of nitrogens with two attached hydrogens (primary N) is 1. The van der Waals surface area contributed by atoms with E-state index in [4.69, 9.17) is 5.73 Å². The van der Waals surface area contributed by atoms with E-state index in [1.807, 2.05) is 25.7 Å². The summed E-state index contributed by atoms with van der Waals surface area (Å²) in [5.74, 6) is 0.126. The summed E-state index contributed by atoms with van der Waals surface area (Å²) in [6, 6.07) is 0.463. The van der Waals surface area contributed by atoms with Crippen LogP contribution in [0.15, 0.2) is 0 Å². The first-order chi connectivity index (χ1) is 8.30. The van der Waals surface area contributed by atoms with Crippen molar-refractivity contribution in [3.05, 3.63) is 0 Å². The summed E-state index contributed by atoms with van der Waals surface area (Å²) in [5.41, 5.74) is 5.96. The van der Waals surface area contributed by atoms with Gasteiger partial charge in [-0.05, 0) is 31.7 Å². The first-order valence-corrected chi connectivity index (χ1v) is 7.11. The van der Waals surface area contributed by atoms with Crippen LogP contribution in [0.2, 0.25) is 0 Å². The Morgan fingerprint density at radius 3 is 2.61 bits per heavy atom. The predicted molar refractivity (Wildman–Crippen MR) is 73.2 cm³/mol. The van der Waals surface area contributed by atoms with E-state index < -0.39 is 6.04 Å². The molecular formula is C14H27N3O. The van der Waals surface area contributed by atoms with Gasteiger partial charge in [-0.1, -0.05) is 20.8 Å². The normalized spacial score (nSPS) is 31.3. The van der Waals surface area contributed by atoms with Gasteiger partial charge in [0.25, 0.3) is 0 Å². The van der Waals surface area contributed by atoms with Gasteiger partial charge in [0.1, 0.15) is 0 Å². The van der Waals surface area contributed by atoms with Gasteiger partial charge >= 0.3 is 0 Å². The molecule has 0 aliphatic carbocycles. The first kappa shape index (κ1) is 13.8. The van der Waals surface area contributed by atoms with Gasteiger partial charge in [0.15, 0.2) is 0 Å². The van der Waals surface area contributed by atoms with E-state index >= 15 is 0 Å². The molecule has 0 saturated carbocycles. The molecule has 0 spiro atoms. The third-order valence-corrected chi connectivity index (χ3v) is 4.42. The summed E-state index contributed by atoms with van der Waals surface area (Å²) >= 11 is 0. The van der Waals surface area contributed by atoms with E-state index in [1.54, 1.807) is 0 Å². The molecule has 3 atom stereocenters. The number of fused-ring (bicyclic) bond motifs is 1. The quantitative estimate of drug-likeness (QED) is 0.760. The molecular weight excluding hydrogens is 226 g/mol. The molecule has 18 heavy (non-hydrogen) atoms. The highest BCUT2D eigenvalue weighted by Crippen LogP contribution is 2.27. The lowest BCUT2D eigenvalue weighted by Crippen LogP contribution is -2.61. The van der Waals surface area contributed by atoms with Crippen LogP contribution < -0.4 is 5.73 Å². The molecule has 104 valence electrons. The molecule has 0 bridgehead atoms. The zero-order valence-corrected chi connectivity index (χ0v) is 12.1. The number of rotatable bonds is 1. The Kier molecular flexibility index (Phi) is 3.70. The summed E-state index contributed by atoms with van der Waals surface area (Å²) in [6.07, 6.45) is 2.49. The number of amides is 1. The predicted octanol–water partition coefficient (Wildman–Crippen LogP) is 1.05. The molecule has 2 fully saturated rings. The van der Waals surface area contributed by atoms with Crippen LogP contribution in [0.1, 0.15) is 40.5 Å². The number of carbonyl (C=O) groups excluding carboxylic acids is 1. The van der Waals surface area contributed by atoms with Gasteiger partial charge in [0.2, 0.25) is 5.91 Å².